The number of carbonyl (C=O) groups is 1. The zero-order valence-corrected chi connectivity index (χ0v) is 21.9. The summed E-state index contributed by atoms with van der Waals surface area (Å²) in [5.41, 5.74) is 4.06. The molecule has 0 radical (unpaired) electrons. The number of amides is 1. The summed E-state index contributed by atoms with van der Waals surface area (Å²) in [7, 11) is 1.89. The molecule has 0 aliphatic carbocycles. The fourth-order valence-electron chi connectivity index (χ4n) is 5.93. The first kappa shape index (κ1) is 24.3. The average molecular weight is 509 g/mol. The highest BCUT2D eigenvalue weighted by molar-refractivity contribution is 5.97. The van der Waals surface area contributed by atoms with E-state index in [1.807, 2.05) is 18.1 Å². The van der Waals surface area contributed by atoms with Gasteiger partial charge < -0.3 is 24.3 Å². The van der Waals surface area contributed by atoms with E-state index in [9.17, 15) is 4.79 Å². The first-order chi connectivity index (χ1) is 17.9. The van der Waals surface area contributed by atoms with E-state index in [1.165, 1.54) is 0 Å². The summed E-state index contributed by atoms with van der Waals surface area (Å²) in [5.74, 6) is 0.295. The Morgan fingerprint density at radius 2 is 1.78 bits per heavy atom. The van der Waals surface area contributed by atoms with Crippen molar-refractivity contribution in [1.29, 1.82) is 0 Å². The smallest absolute Gasteiger partial charge is 0.289 e. The Morgan fingerprint density at radius 1 is 1.05 bits per heavy atom. The molecule has 198 valence electrons. The molecule has 11 heteroatoms. The third-order valence-electron chi connectivity index (χ3n) is 7.71. The summed E-state index contributed by atoms with van der Waals surface area (Å²) in [5, 5.41) is 4.30. The third-order valence-corrected chi connectivity index (χ3v) is 7.71. The predicted molar refractivity (Wildman–Crippen MR) is 140 cm³/mol. The van der Waals surface area contributed by atoms with Crippen LogP contribution in [0.5, 0.6) is 0 Å². The molecule has 2 atom stereocenters. The SMILES string of the molecule is CC1CN(C2CCN(C(=O)c3nc4nc(-c5cnn(C)c5)cc(N5CCOCC5)c4[nH]3)CC2)CC(C)O1. The minimum absolute atomic E-state index is 0.0592. The maximum absolute atomic E-state index is 13.5. The molecule has 0 saturated carbocycles. The lowest BCUT2D eigenvalue weighted by molar-refractivity contribution is -0.0856. The molecule has 3 aliphatic rings. The van der Waals surface area contributed by atoms with Crippen molar-refractivity contribution in [2.45, 2.75) is 44.9 Å². The van der Waals surface area contributed by atoms with Crippen molar-refractivity contribution in [2.75, 3.05) is 57.4 Å². The van der Waals surface area contributed by atoms with Gasteiger partial charge in [-0.3, -0.25) is 14.4 Å². The van der Waals surface area contributed by atoms with Crippen LogP contribution in [0.1, 0.15) is 37.3 Å². The number of aryl methyl sites for hydroxylation is 1. The van der Waals surface area contributed by atoms with Gasteiger partial charge in [0.1, 0.15) is 5.52 Å². The van der Waals surface area contributed by atoms with Gasteiger partial charge in [0.25, 0.3) is 5.91 Å². The molecule has 0 aromatic carbocycles. The number of H-pyrrole nitrogens is 1. The van der Waals surface area contributed by atoms with Crippen LogP contribution in [0.2, 0.25) is 0 Å². The largest absolute Gasteiger partial charge is 0.378 e. The second-order valence-electron chi connectivity index (χ2n) is 10.5. The summed E-state index contributed by atoms with van der Waals surface area (Å²) < 4.78 is 13.2. The van der Waals surface area contributed by atoms with Crippen molar-refractivity contribution in [3.05, 3.63) is 24.3 Å². The van der Waals surface area contributed by atoms with Crippen LogP contribution in [-0.4, -0.2) is 111 Å². The number of aromatic amines is 1. The van der Waals surface area contributed by atoms with E-state index >= 15 is 0 Å². The van der Waals surface area contributed by atoms with Crippen LogP contribution in [0, 0.1) is 0 Å². The lowest BCUT2D eigenvalue weighted by Gasteiger charge is -2.43. The average Bonchev–Trinajstić information content (AvgIpc) is 3.54. The molecular formula is C26H36N8O3. The Bertz CT molecular complexity index is 1250. The first-order valence-corrected chi connectivity index (χ1v) is 13.4. The molecule has 3 aromatic rings. The lowest BCUT2D eigenvalue weighted by atomic mass is 10.0. The minimum Gasteiger partial charge on any atom is -0.378 e. The van der Waals surface area contributed by atoms with Crippen molar-refractivity contribution < 1.29 is 14.3 Å². The quantitative estimate of drug-likeness (QED) is 0.570. The number of anilines is 1. The van der Waals surface area contributed by atoms with Gasteiger partial charge in [0.05, 0.1) is 43.0 Å². The number of morpholine rings is 2. The fourth-order valence-corrected chi connectivity index (χ4v) is 5.93. The van der Waals surface area contributed by atoms with Gasteiger partial charge in [-0.1, -0.05) is 0 Å². The molecule has 37 heavy (non-hydrogen) atoms. The van der Waals surface area contributed by atoms with Gasteiger partial charge in [0, 0.05) is 64.1 Å². The third kappa shape index (κ3) is 4.95. The van der Waals surface area contributed by atoms with Gasteiger partial charge >= 0.3 is 0 Å². The number of nitrogens with one attached hydrogen (secondary N) is 1. The van der Waals surface area contributed by atoms with Gasteiger partial charge in [-0.05, 0) is 32.8 Å². The number of ether oxygens (including phenoxy) is 2. The molecule has 1 N–H and O–H groups in total. The van der Waals surface area contributed by atoms with E-state index in [0.717, 1.165) is 74.6 Å². The number of imidazole rings is 1. The van der Waals surface area contributed by atoms with Crippen LogP contribution in [0.25, 0.3) is 22.4 Å². The molecule has 2 unspecified atom stereocenters. The van der Waals surface area contributed by atoms with Gasteiger partial charge in [0.15, 0.2) is 11.5 Å². The van der Waals surface area contributed by atoms with Crippen LogP contribution >= 0.6 is 0 Å². The zero-order chi connectivity index (χ0) is 25.5. The number of likely N-dealkylation sites (tertiary alicyclic amines) is 1. The van der Waals surface area contributed by atoms with Gasteiger partial charge in [-0.25, -0.2) is 9.97 Å². The number of piperidine rings is 1. The summed E-state index contributed by atoms with van der Waals surface area (Å²) in [4.78, 5) is 33.1. The molecule has 11 nitrogen and oxygen atoms in total. The second-order valence-corrected chi connectivity index (χ2v) is 10.5. The molecular weight excluding hydrogens is 472 g/mol. The van der Waals surface area contributed by atoms with Gasteiger partial charge in [-0.2, -0.15) is 5.10 Å². The Morgan fingerprint density at radius 3 is 2.46 bits per heavy atom. The van der Waals surface area contributed by atoms with E-state index in [1.54, 1.807) is 10.9 Å². The highest BCUT2D eigenvalue weighted by Gasteiger charge is 2.33. The van der Waals surface area contributed by atoms with Crippen LogP contribution < -0.4 is 4.90 Å². The summed E-state index contributed by atoms with van der Waals surface area (Å²) in [6.07, 6.45) is 6.18. The maximum atomic E-state index is 13.5. The van der Waals surface area contributed by atoms with Crippen LogP contribution in [0.15, 0.2) is 18.5 Å². The van der Waals surface area contributed by atoms with Gasteiger partial charge in [0.2, 0.25) is 0 Å². The maximum Gasteiger partial charge on any atom is 0.289 e. The molecule has 0 spiro atoms. The number of aromatic nitrogens is 5. The normalized spacial score (nSPS) is 24.2. The molecule has 1 amide bonds. The van der Waals surface area contributed by atoms with Gasteiger partial charge in [-0.15, -0.1) is 0 Å². The Labute approximate surface area is 216 Å². The molecule has 0 bridgehead atoms. The van der Waals surface area contributed by atoms with Crippen molar-refractivity contribution >= 4 is 22.8 Å². The number of hydrogen-bond acceptors (Lipinski definition) is 8. The summed E-state index contributed by atoms with van der Waals surface area (Å²) in [6, 6.07) is 2.55. The van der Waals surface area contributed by atoms with Crippen LogP contribution in [0.3, 0.4) is 0 Å². The summed E-state index contributed by atoms with van der Waals surface area (Å²) in [6.45, 7) is 10.5. The fraction of sp³-hybridized carbons (Fsp3) is 0.615. The number of pyridine rings is 1. The van der Waals surface area contributed by atoms with E-state index < -0.39 is 0 Å². The predicted octanol–water partition coefficient (Wildman–Crippen LogP) is 1.91. The molecule has 3 aromatic heterocycles. The van der Waals surface area contributed by atoms with E-state index in [-0.39, 0.29) is 18.1 Å². The van der Waals surface area contributed by atoms with E-state index in [2.05, 4.69) is 39.8 Å². The number of hydrogen-bond donors (Lipinski definition) is 1. The Balaban J connectivity index is 1.23. The molecule has 6 rings (SSSR count). The second kappa shape index (κ2) is 10.0. The van der Waals surface area contributed by atoms with Crippen LogP contribution in [-0.2, 0) is 16.5 Å². The highest BCUT2D eigenvalue weighted by atomic mass is 16.5. The summed E-state index contributed by atoms with van der Waals surface area (Å²) >= 11 is 0. The Kier molecular flexibility index (Phi) is 6.60. The first-order valence-electron chi connectivity index (χ1n) is 13.4. The van der Waals surface area contributed by atoms with Crippen molar-refractivity contribution in [3.8, 4) is 11.3 Å². The minimum atomic E-state index is -0.0592. The monoisotopic (exact) mass is 508 g/mol. The molecule has 6 heterocycles. The van der Waals surface area contributed by atoms with Crippen molar-refractivity contribution in [1.82, 2.24) is 34.5 Å². The number of fused-ring (bicyclic) bond motifs is 1. The van der Waals surface area contributed by atoms with Crippen LogP contribution in [0.4, 0.5) is 5.69 Å². The van der Waals surface area contributed by atoms with Crippen molar-refractivity contribution in [3.63, 3.8) is 0 Å². The number of carbonyl (C=O) groups excluding carboxylic acids is 1. The number of rotatable bonds is 4. The van der Waals surface area contributed by atoms with E-state index in [4.69, 9.17) is 19.4 Å². The molecule has 3 saturated heterocycles. The standard InChI is InChI=1S/C26H36N8O3/c1-17-14-34(15-18(2)37-17)20-4-6-33(7-5-20)26(35)25-29-23-22(32-8-10-36-11-9-32)12-21(28-24(23)30-25)19-13-27-31(3)16-19/h12-13,16-18,20H,4-11,14-15H2,1-3H3,(H,28,29,30). The van der Waals surface area contributed by atoms with E-state index in [0.29, 0.717) is 30.7 Å². The zero-order valence-electron chi connectivity index (χ0n) is 21.9. The number of nitrogens with zero attached hydrogens (tertiary/aromatic N) is 7. The topological polar surface area (TPSA) is 105 Å². The molecule has 3 fully saturated rings. The Hall–Kier alpha value is -3.02. The lowest BCUT2D eigenvalue weighted by Crippen LogP contribution is -2.53. The van der Waals surface area contributed by atoms with Crippen molar-refractivity contribution in [2.24, 2.45) is 7.05 Å². The molecule has 3 aliphatic heterocycles. The highest BCUT2D eigenvalue weighted by Crippen LogP contribution is 2.31.